The number of thioether (sulfide) groups is 1. The summed E-state index contributed by atoms with van der Waals surface area (Å²) in [6.45, 7) is 2.96. The molecule has 0 aromatic carbocycles. The standard InChI is InChI=1S/C15H21N3OS/c1-2-3-4-6-9-16-14(19)12-20-15-17-11-13-8-5-7-10-18(13)15/h5,7-8,10-11H,2-4,6,9,12H2,1H3,(H,16,19). The summed E-state index contributed by atoms with van der Waals surface area (Å²) < 4.78 is 2.00. The van der Waals surface area contributed by atoms with E-state index < -0.39 is 0 Å². The molecule has 4 nitrogen and oxygen atoms in total. The van der Waals surface area contributed by atoms with Crippen LogP contribution in [0.2, 0.25) is 0 Å². The average molecular weight is 291 g/mol. The largest absolute Gasteiger partial charge is 0.355 e. The molecule has 0 radical (unpaired) electrons. The molecule has 0 fully saturated rings. The Hall–Kier alpha value is -1.49. The third kappa shape index (κ3) is 4.27. The van der Waals surface area contributed by atoms with E-state index >= 15 is 0 Å². The molecule has 1 N–H and O–H groups in total. The molecular weight excluding hydrogens is 270 g/mol. The van der Waals surface area contributed by atoms with Crippen molar-refractivity contribution in [3.05, 3.63) is 30.6 Å². The van der Waals surface area contributed by atoms with Gasteiger partial charge in [-0.05, 0) is 18.6 Å². The van der Waals surface area contributed by atoms with Gasteiger partial charge in [-0.2, -0.15) is 0 Å². The van der Waals surface area contributed by atoms with Crippen LogP contribution < -0.4 is 5.32 Å². The quantitative estimate of drug-likeness (QED) is 0.600. The van der Waals surface area contributed by atoms with E-state index in [1.54, 1.807) is 0 Å². The van der Waals surface area contributed by atoms with Crippen LogP contribution in [0, 0.1) is 0 Å². The summed E-state index contributed by atoms with van der Waals surface area (Å²) in [6, 6.07) is 5.95. The maximum Gasteiger partial charge on any atom is 0.230 e. The molecule has 0 atom stereocenters. The van der Waals surface area contributed by atoms with Crippen LogP contribution in [0.1, 0.15) is 32.6 Å². The van der Waals surface area contributed by atoms with Crippen LogP contribution in [0.4, 0.5) is 0 Å². The van der Waals surface area contributed by atoms with Crippen molar-refractivity contribution < 1.29 is 4.79 Å². The number of pyridine rings is 1. The summed E-state index contributed by atoms with van der Waals surface area (Å²) in [4.78, 5) is 16.1. The number of hydrogen-bond donors (Lipinski definition) is 1. The number of aromatic nitrogens is 2. The first-order chi connectivity index (χ1) is 9.81. The van der Waals surface area contributed by atoms with Crippen molar-refractivity contribution in [3.8, 4) is 0 Å². The molecule has 0 aliphatic rings. The number of carbonyl (C=O) groups excluding carboxylic acids is 1. The van der Waals surface area contributed by atoms with E-state index in [2.05, 4.69) is 17.2 Å². The van der Waals surface area contributed by atoms with Crippen LogP contribution >= 0.6 is 11.8 Å². The lowest BCUT2D eigenvalue weighted by molar-refractivity contribution is -0.118. The molecule has 0 aliphatic heterocycles. The number of fused-ring (bicyclic) bond motifs is 1. The number of amides is 1. The van der Waals surface area contributed by atoms with Crippen LogP contribution in [-0.2, 0) is 4.79 Å². The third-order valence-electron chi connectivity index (χ3n) is 3.09. The number of nitrogens with zero attached hydrogens (tertiary/aromatic N) is 2. The summed E-state index contributed by atoms with van der Waals surface area (Å²) in [5, 5.41) is 3.82. The minimum Gasteiger partial charge on any atom is -0.355 e. The van der Waals surface area contributed by atoms with E-state index in [1.807, 2.05) is 35.0 Å². The second-order valence-corrected chi connectivity index (χ2v) is 5.68. The van der Waals surface area contributed by atoms with Gasteiger partial charge >= 0.3 is 0 Å². The van der Waals surface area contributed by atoms with Crippen LogP contribution in [0.25, 0.3) is 5.52 Å². The van der Waals surface area contributed by atoms with Crippen molar-refractivity contribution in [3.63, 3.8) is 0 Å². The Balaban J connectivity index is 1.73. The zero-order valence-electron chi connectivity index (χ0n) is 11.8. The topological polar surface area (TPSA) is 46.4 Å². The zero-order valence-corrected chi connectivity index (χ0v) is 12.7. The van der Waals surface area contributed by atoms with E-state index in [9.17, 15) is 4.79 Å². The fraction of sp³-hybridized carbons (Fsp3) is 0.467. The van der Waals surface area contributed by atoms with Gasteiger partial charge in [-0.3, -0.25) is 9.20 Å². The van der Waals surface area contributed by atoms with Gasteiger partial charge in [-0.25, -0.2) is 4.98 Å². The maximum absolute atomic E-state index is 11.7. The van der Waals surface area contributed by atoms with Crippen molar-refractivity contribution in [1.82, 2.24) is 14.7 Å². The molecule has 2 rings (SSSR count). The Labute approximate surface area is 124 Å². The lowest BCUT2D eigenvalue weighted by Crippen LogP contribution is -2.26. The molecule has 0 bridgehead atoms. The lowest BCUT2D eigenvalue weighted by atomic mass is 10.2. The van der Waals surface area contributed by atoms with Gasteiger partial charge in [0.05, 0.1) is 17.5 Å². The highest BCUT2D eigenvalue weighted by Crippen LogP contribution is 2.17. The fourth-order valence-electron chi connectivity index (χ4n) is 1.99. The number of rotatable bonds is 8. The van der Waals surface area contributed by atoms with Crippen molar-refractivity contribution in [2.24, 2.45) is 0 Å². The Morgan fingerprint density at radius 1 is 1.35 bits per heavy atom. The summed E-state index contributed by atoms with van der Waals surface area (Å²) >= 11 is 1.47. The van der Waals surface area contributed by atoms with Gasteiger partial charge in [0.1, 0.15) is 0 Å². The van der Waals surface area contributed by atoms with Gasteiger partial charge < -0.3 is 5.32 Å². The molecule has 0 aliphatic carbocycles. The van der Waals surface area contributed by atoms with Crippen LogP contribution in [-0.4, -0.2) is 27.6 Å². The van der Waals surface area contributed by atoms with E-state index in [-0.39, 0.29) is 5.91 Å². The zero-order chi connectivity index (χ0) is 14.2. The molecule has 2 heterocycles. The predicted octanol–water partition coefficient (Wildman–Crippen LogP) is 3.12. The van der Waals surface area contributed by atoms with Gasteiger partial charge in [0.15, 0.2) is 5.16 Å². The fourth-order valence-corrected chi connectivity index (χ4v) is 2.78. The smallest absolute Gasteiger partial charge is 0.230 e. The Bertz CT molecular complexity index is 553. The van der Waals surface area contributed by atoms with Crippen molar-refractivity contribution in [2.75, 3.05) is 12.3 Å². The predicted molar refractivity (Wildman–Crippen MR) is 83.1 cm³/mol. The van der Waals surface area contributed by atoms with Crippen molar-refractivity contribution in [1.29, 1.82) is 0 Å². The van der Waals surface area contributed by atoms with Gasteiger partial charge in [-0.15, -0.1) is 0 Å². The van der Waals surface area contributed by atoms with Crippen LogP contribution in [0.15, 0.2) is 35.7 Å². The number of hydrogen-bond acceptors (Lipinski definition) is 3. The summed E-state index contributed by atoms with van der Waals surface area (Å²) in [5.74, 6) is 0.501. The highest BCUT2D eigenvalue weighted by molar-refractivity contribution is 7.99. The first-order valence-electron chi connectivity index (χ1n) is 7.13. The van der Waals surface area contributed by atoms with E-state index in [1.165, 1.54) is 31.0 Å². The Morgan fingerprint density at radius 2 is 2.25 bits per heavy atom. The highest BCUT2D eigenvalue weighted by atomic mass is 32.2. The molecule has 0 unspecified atom stereocenters. The summed E-state index contributed by atoms with van der Waals surface area (Å²) in [6.07, 6.45) is 8.51. The monoisotopic (exact) mass is 291 g/mol. The van der Waals surface area contributed by atoms with Gasteiger partial charge in [0.2, 0.25) is 5.91 Å². The molecule has 2 aromatic rings. The molecule has 5 heteroatoms. The second kappa shape index (κ2) is 7.94. The summed E-state index contributed by atoms with van der Waals surface area (Å²) in [5.41, 5.74) is 1.05. The van der Waals surface area contributed by atoms with Gasteiger partial charge in [0, 0.05) is 12.7 Å². The first-order valence-corrected chi connectivity index (χ1v) is 8.11. The van der Waals surface area contributed by atoms with Gasteiger partial charge in [0.25, 0.3) is 0 Å². The SMILES string of the molecule is CCCCCCNC(=O)CSc1ncc2ccccn12. The number of carbonyl (C=O) groups is 1. The molecule has 1 amide bonds. The molecular formula is C15H21N3OS. The molecule has 108 valence electrons. The number of unbranched alkanes of at least 4 members (excludes halogenated alkanes) is 3. The van der Waals surface area contributed by atoms with E-state index in [0.717, 1.165) is 23.6 Å². The normalized spacial score (nSPS) is 10.8. The second-order valence-electron chi connectivity index (χ2n) is 4.74. The van der Waals surface area contributed by atoms with Crippen molar-refractivity contribution >= 4 is 23.2 Å². The third-order valence-corrected chi connectivity index (χ3v) is 4.06. The molecule has 0 saturated carbocycles. The van der Waals surface area contributed by atoms with E-state index in [0.29, 0.717) is 5.75 Å². The lowest BCUT2D eigenvalue weighted by Gasteiger charge is -2.04. The molecule has 2 aromatic heterocycles. The van der Waals surface area contributed by atoms with Crippen LogP contribution in [0.3, 0.4) is 0 Å². The minimum atomic E-state index is 0.0826. The molecule has 0 spiro atoms. The minimum absolute atomic E-state index is 0.0826. The highest BCUT2D eigenvalue weighted by Gasteiger charge is 2.07. The van der Waals surface area contributed by atoms with Crippen molar-refractivity contribution in [2.45, 2.75) is 37.8 Å². The van der Waals surface area contributed by atoms with Gasteiger partial charge in [-0.1, -0.05) is 44.0 Å². The Kier molecular flexibility index (Phi) is 5.92. The maximum atomic E-state index is 11.7. The van der Waals surface area contributed by atoms with Crippen LogP contribution in [0.5, 0.6) is 0 Å². The number of imidazole rings is 1. The number of nitrogens with one attached hydrogen (secondary N) is 1. The molecule has 0 saturated heterocycles. The Morgan fingerprint density at radius 3 is 3.10 bits per heavy atom. The summed E-state index contributed by atoms with van der Waals surface area (Å²) in [7, 11) is 0. The first kappa shape index (κ1) is 14.9. The van der Waals surface area contributed by atoms with E-state index in [4.69, 9.17) is 0 Å². The average Bonchev–Trinajstić information content (AvgIpc) is 2.88. The molecule has 20 heavy (non-hydrogen) atoms.